The third-order valence-electron chi connectivity index (χ3n) is 10.6. The van der Waals surface area contributed by atoms with Gasteiger partial charge in [-0.25, -0.2) is 16.8 Å². The van der Waals surface area contributed by atoms with E-state index < -0.39 is 26.9 Å². The van der Waals surface area contributed by atoms with Crippen molar-refractivity contribution >= 4 is 20.8 Å². The predicted molar refractivity (Wildman–Crippen MR) is 124 cm³/mol. The van der Waals surface area contributed by atoms with Crippen molar-refractivity contribution in [3.8, 4) is 0 Å². The smallest absolute Gasteiger partial charge is 0.726 e. The monoisotopic (exact) mass is 566 g/mol. The number of rotatable bonds is 8. The van der Waals surface area contributed by atoms with Crippen LogP contribution in [0.3, 0.4) is 0 Å². The molecule has 0 spiro atoms. The molecule has 198 valence electrons. The van der Waals surface area contributed by atoms with Crippen LogP contribution in [0.25, 0.3) is 0 Å². The second kappa shape index (κ2) is 12.7. The van der Waals surface area contributed by atoms with Gasteiger partial charge < -0.3 is 9.11 Å². The zero-order valence-corrected chi connectivity index (χ0v) is 28.2. The van der Waals surface area contributed by atoms with Gasteiger partial charge in [0.15, 0.2) is 0 Å². The Morgan fingerprint density at radius 2 is 1.56 bits per heavy atom. The summed E-state index contributed by atoms with van der Waals surface area (Å²) in [6, 6.07) is 0. The minimum atomic E-state index is -4.78. The zero-order valence-electron chi connectivity index (χ0n) is 22.6. The van der Waals surface area contributed by atoms with Crippen LogP contribution in [-0.4, -0.2) is 38.7 Å². The van der Waals surface area contributed by atoms with Crippen LogP contribution in [0.4, 0.5) is 0 Å². The summed E-state index contributed by atoms with van der Waals surface area (Å²) in [5.74, 6) is 1.92. The van der Waals surface area contributed by atoms with Crippen LogP contribution in [0.5, 0.6) is 0 Å². The van der Waals surface area contributed by atoms with Crippen molar-refractivity contribution in [3.63, 3.8) is 0 Å². The van der Waals surface area contributed by atoms with E-state index in [1.165, 1.54) is 12.8 Å². The second-order valence-electron chi connectivity index (χ2n) is 12.1. The SMILES string of the molecule is C[C@H](CCCOS(=O)(=O)[O-])[C@H]1CC[C@H]2[C@@H]3[C@H](OS(=O)(=O)[O-])C[C@@H]4CCCC[C@]4(C)[C@H]3CC[C@]12C.[Na+].[Na+]. The van der Waals surface area contributed by atoms with Crippen LogP contribution < -0.4 is 59.1 Å². The molecule has 0 unspecified atom stereocenters. The van der Waals surface area contributed by atoms with Crippen LogP contribution in [-0.2, 0) is 29.2 Å². The standard InChI is InChI=1S/C24H42O8S2.2Na/c1-16(7-6-14-31-33(25,26)27)18-9-10-19-22-20(11-13-24(18,19)3)23(2)12-5-4-8-17(23)15-21(22)32-34(28,29)30;;/h16-22H,4-15H2,1-3H3,(H,25,26,27)(H,28,29,30);;/q;2*+1/p-2/t16-,17+,18-,19+,20+,21-,22+,23+,24-;;/m1../s1. The third-order valence-corrected chi connectivity index (χ3v) is 11.5. The fourth-order valence-corrected chi connectivity index (χ4v) is 10.1. The van der Waals surface area contributed by atoms with Gasteiger partial charge in [-0.2, -0.15) is 0 Å². The Bertz CT molecular complexity index is 961. The average Bonchev–Trinajstić information content (AvgIpc) is 3.07. The first-order chi connectivity index (χ1) is 15.7. The number of hydrogen-bond acceptors (Lipinski definition) is 8. The molecule has 4 aliphatic carbocycles. The number of fused-ring (bicyclic) bond motifs is 5. The van der Waals surface area contributed by atoms with Crippen molar-refractivity contribution in [2.45, 2.75) is 97.5 Å². The van der Waals surface area contributed by atoms with E-state index in [1.807, 2.05) is 0 Å². The zero-order chi connectivity index (χ0) is 24.9. The summed E-state index contributed by atoms with van der Waals surface area (Å²) in [5.41, 5.74) is 0.208. The molecule has 0 aromatic rings. The topological polar surface area (TPSA) is 133 Å². The largest absolute Gasteiger partial charge is 1.00 e. The van der Waals surface area contributed by atoms with Crippen LogP contribution in [0.15, 0.2) is 0 Å². The van der Waals surface area contributed by atoms with Gasteiger partial charge in [-0.15, -0.1) is 0 Å². The van der Waals surface area contributed by atoms with Gasteiger partial charge in [0, 0.05) is 0 Å². The molecule has 4 rings (SSSR count). The van der Waals surface area contributed by atoms with Crippen molar-refractivity contribution in [1.82, 2.24) is 0 Å². The van der Waals surface area contributed by atoms with Crippen molar-refractivity contribution in [1.29, 1.82) is 0 Å². The molecule has 0 aromatic carbocycles. The van der Waals surface area contributed by atoms with Gasteiger partial charge in [0.05, 0.1) is 12.7 Å². The van der Waals surface area contributed by atoms with Gasteiger partial charge in [0.2, 0.25) is 20.8 Å². The summed E-state index contributed by atoms with van der Waals surface area (Å²) in [5, 5.41) is 0. The van der Waals surface area contributed by atoms with Gasteiger partial charge in [0.25, 0.3) is 0 Å². The summed E-state index contributed by atoms with van der Waals surface area (Å²) in [6.45, 7) is 6.83. The first-order valence-corrected chi connectivity index (χ1v) is 15.7. The van der Waals surface area contributed by atoms with Gasteiger partial charge in [-0.1, -0.05) is 33.6 Å². The summed E-state index contributed by atoms with van der Waals surface area (Å²) in [7, 11) is -9.44. The Hall–Kier alpha value is 1.74. The van der Waals surface area contributed by atoms with E-state index in [9.17, 15) is 25.9 Å². The summed E-state index contributed by atoms with van der Waals surface area (Å²) < 4.78 is 77.0. The second-order valence-corrected chi connectivity index (χ2v) is 14.2. The minimum absolute atomic E-state index is 0. The summed E-state index contributed by atoms with van der Waals surface area (Å²) in [6.07, 6.45) is 10.2. The van der Waals surface area contributed by atoms with E-state index in [0.29, 0.717) is 42.4 Å². The predicted octanol–water partition coefficient (Wildman–Crippen LogP) is -1.61. The molecule has 0 bridgehead atoms. The molecule has 9 atom stereocenters. The molecular weight excluding hydrogens is 526 g/mol. The summed E-state index contributed by atoms with van der Waals surface area (Å²) in [4.78, 5) is 0. The van der Waals surface area contributed by atoms with E-state index in [0.717, 1.165) is 44.9 Å². The van der Waals surface area contributed by atoms with E-state index in [2.05, 4.69) is 25.0 Å². The Morgan fingerprint density at radius 1 is 0.889 bits per heavy atom. The molecule has 0 aliphatic heterocycles. The first kappa shape index (κ1) is 33.9. The van der Waals surface area contributed by atoms with Gasteiger partial charge in [-0.3, -0.25) is 8.37 Å². The molecule has 0 amide bonds. The van der Waals surface area contributed by atoms with Crippen molar-refractivity contribution < 1.29 is 93.4 Å². The maximum atomic E-state index is 11.7. The molecule has 36 heavy (non-hydrogen) atoms. The molecule has 4 aliphatic rings. The molecule has 0 heterocycles. The Labute approximate surface area is 262 Å². The average molecular weight is 567 g/mol. The van der Waals surface area contributed by atoms with Crippen molar-refractivity contribution in [2.75, 3.05) is 6.61 Å². The molecule has 0 radical (unpaired) electrons. The minimum Gasteiger partial charge on any atom is -0.726 e. The first-order valence-electron chi connectivity index (χ1n) is 13.0. The Kier molecular flexibility index (Phi) is 12.0. The quantitative estimate of drug-likeness (QED) is 0.148. The normalized spacial score (nSPS) is 41.1. The summed E-state index contributed by atoms with van der Waals surface area (Å²) >= 11 is 0. The maximum Gasteiger partial charge on any atom is 1.00 e. The number of hydrogen-bond donors (Lipinski definition) is 0. The Balaban J connectivity index is 0.00000228. The molecule has 8 nitrogen and oxygen atoms in total. The van der Waals surface area contributed by atoms with Crippen LogP contribution in [0.1, 0.15) is 91.4 Å². The third kappa shape index (κ3) is 7.14. The Morgan fingerprint density at radius 3 is 2.19 bits per heavy atom. The van der Waals surface area contributed by atoms with Crippen LogP contribution >= 0.6 is 0 Å². The fourth-order valence-electron chi connectivity index (χ4n) is 9.22. The van der Waals surface area contributed by atoms with E-state index in [1.54, 1.807) is 0 Å². The molecule has 12 heteroatoms. The van der Waals surface area contributed by atoms with Crippen molar-refractivity contribution in [2.24, 2.45) is 46.3 Å². The molecule has 0 N–H and O–H groups in total. The molecule has 0 aromatic heterocycles. The van der Waals surface area contributed by atoms with Gasteiger partial charge in [-0.05, 0) is 104 Å². The van der Waals surface area contributed by atoms with Gasteiger partial charge in [0.1, 0.15) is 0 Å². The van der Waals surface area contributed by atoms with Crippen molar-refractivity contribution in [3.05, 3.63) is 0 Å². The fraction of sp³-hybridized carbons (Fsp3) is 1.00. The van der Waals surface area contributed by atoms with Gasteiger partial charge >= 0.3 is 59.1 Å². The van der Waals surface area contributed by atoms with E-state index in [-0.39, 0.29) is 82.5 Å². The molecule has 4 saturated carbocycles. The van der Waals surface area contributed by atoms with E-state index >= 15 is 0 Å². The molecular formula is C24H40Na2O8S2. The van der Waals surface area contributed by atoms with Crippen LogP contribution in [0.2, 0.25) is 0 Å². The maximum absolute atomic E-state index is 11.7. The molecule has 0 saturated heterocycles. The van der Waals surface area contributed by atoms with E-state index in [4.69, 9.17) is 4.18 Å². The molecule has 4 fully saturated rings. The van der Waals surface area contributed by atoms with Crippen LogP contribution in [0, 0.1) is 46.3 Å².